The molecule has 1 aromatic carbocycles. The van der Waals surface area contributed by atoms with Crippen molar-refractivity contribution in [2.24, 2.45) is 0 Å². The van der Waals surface area contributed by atoms with Gasteiger partial charge in [0.05, 0.1) is 6.61 Å². The molecular formula is C23H38O2. The minimum absolute atomic E-state index is 0.100. The molecule has 0 atom stereocenters. The van der Waals surface area contributed by atoms with Crippen molar-refractivity contribution in [2.75, 3.05) is 6.61 Å². The van der Waals surface area contributed by atoms with Gasteiger partial charge in [-0.25, -0.2) is 0 Å². The number of hydrogen-bond donors (Lipinski definition) is 0. The van der Waals surface area contributed by atoms with Gasteiger partial charge in [-0.3, -0.25) is 4.79 Å². The smallest absolute Gasteiger partial charge is 0.159 e. The van der Waals surface area contributed by atoms with E-state index in [0.717, 1.165) is 24.3 Å². The Kier molecular flexibility index (Phi) is 13.0. The van der Waals surface area contributed by atoms with Crippen molar-refractivity contribution in [3.63, 3.8) is 0 Å². The number of benzene rings is 1. The van der Waals surface area contributed by atoms with Gasteiger partial charge in [0, 0.05) is 5.56 Å². The minimum atomic E-state index is 0.100. The molecule has 0 radical (unpaired) electrons. The van der Waals surface area contributed by atoms with Crippen LogP contribution in [0.4, 0.5) is 0 Å². The Labute approximate surface area is 155 Å². The molecule has 0 heterocycles. The fourth-order valence-electron chi connectivity index (χ4n) is 3.10. The van der Waals surface area contributed by atoms with E-state index in [9.17, 15) is 4.79 Å². The maximum atomic E-state index is 11.2. The van der Waals surface area contributed by atoms with Gasteiger partial charge in [-0.15, -0.1) is 0 Å². The lowest BCUT2D eigenvalue weighted by molar-refractivity contribution is 0.101. The first-order chi connectivity index (χ1) is 12.2. The molecule has 0 bridgehead atoms. The highest BCUT2D eigenvalue weighted by Crippen LogP contribution is 2.15. The molecule has 0 saturated carbocycles. The Morgan fingerprint density at radius 3 is 1.60 bits per heavy atom. The monoisotopic (exact) mass is 346 g/mol. The highest BCUT2D eigenvalue weighted by atomic mass is 16.5. The van der Waals surface area contributed by atoms with Gasteiger partial charge < -0.3 is 4.74 Å². The topological polar surface area (TPSA) is 26.3 Å². The van der Waals surface area contributed by atoms with Crippen LogP contribution < -0.4 is 4.74 Å². The number of rotatable bonds is 16. The number of ether oxygens (including phenoxy) is 1. The van der Waals surface area contributed by atoms with Gasteiger partial charge in [-0.1, -0.05) is 84.0 Å². The summed E-state index contributed by atoms with van der Waals surface area (Å²) in [5.41, 5.74) is 0.744. The number of unbranched alkanes of at least 4 members (excludes halogenated alkanes) is 12. The van der Waals surface area contributed by atoms with Gasteiger partial charge in [0.2, 0.25) is 0 Å². The van der Waals surface area contributed by atoms with E-state index in [1.54, 1.807) is 6.92 Å². The summed E-state index contributed by atoms with van der Waals surface area (Å²) in [7, 11) is 0. The van der Waals surface area contributed by atoms with Crippen LogP contribution in [-0.4, -0.2) is 12.4 Å². The molecule has 0 N–H and O–H groups in total. The molecule has 0 aliphatic carbocycles. The molecule has 25 heavy (non-hydrogen) atoms. The number of ketones is 1. The molecule has 0 saturated heterocycles. The first-order valence-electron chi connectivity index (χ1n) is 10.5. The largest absolute Gasteiger partial charge is 0.494 e. The Morgan fingerprint density at radius 1 is 0.720 bits per heavy atom. The van der Waals surface area contributed by atoms with Crippen LogP contribution in [0.1, 0.15) is 108 Å². The van der Waals surface area contributed by atoms with Crippen molar-refractivity contribution in [3.05, 3.63) is 29.8 Å². The summed E-state index contributed by atoms with van der Waals surface area (Å²) in [6.07, 6.45) is 17.8. The molecule has 2 nitrogen and oxygen atoms in total. The molecule has 1 rings (SSSR count). The molecule has 0 aliphatic heterocycles. The van der Waals surface area contributed by atoms with Crippen LogP contribution in [0.25, 0.3) is 0 Å². The molecule has 0 amide bonds. The average Bonchev–Trinajstić information content (AvgIpc) is 2.62. The van der Waals surface area contributed by atoms with Crippen LogP contribution >= 0.6 is 0 Å². The van der Waals surface area contributed by atoms with E-state index in [1.165, 1.54) is 77.0 Å². The molecule has 2 heteroatoms. The van der Waals surface area contributed by atoms with Crippen molar-refractivity contribution in [1.29, 1.82) is 0 Å². The van der Waals surface area contributed by atoms with Gasteiger partial charge in [0.15, 0.2) is 5.78 Å². The van der Waals surface area contributed by atoms with E-state index < -0.39 is 0 Å². The molecule has 142 valence electrons. The van der Waals surface area contributed by atoms with Crippen LogP contribution in [0.15, 0.2) is 24.3 Å². The van der Waals surface area contributed by atoms with Crippen molar-refractivity contribution in [3.8, 4) is 5.75 Å². The lowest BCUT2D eigenvalue weighted by Gasteiger charge is -2.07. The van der Waals surface area contributed by atoms with Crippen molar-refractivity contribution < 1.29 is 9.53 Å². The molecule has 0 spiro atoms. The summed E-state index contributed by atoms with van der Waals surface area (Å²) >= 11 is 0. The minimum Gasteiger partial charge on any atom is -0.494 e. The van der Waals surface area contributed by atoms with Gasteiger partial charge in [-0.2, -0.15) is 0 Å². The summed E-state index contributed by atoms with van der Waals surface area (Å²) in [6, 6.07) is 7.45. The molecule has 1 aromatic rings. The Hall–Kier alpha value is -1.31. The van der Waals surface area contributed by atoms with Crippen LogP contribution in [0, 0.1) is 0 Å². The summed E-state index contributed by atoms with van der Waals surface area (Å²) in [6.45, 7) is 4.64. The molecule has 0 fully saturated rings. The zero-order chi connectivity index (χ0) is 18.2. The van der Waals surface area contributed by atoms with E-state index in [4.69, 9.17) is 4.74 Å². The Morgan fingerprint density at radius 2 is 1.16 bits per heavy atom. The van der Waals surface area contributed by atoms with Crippen molar-refractivity contribution in [1.82, 2.24) is 0 Å². The van der Waals surface area contributed by atoms with Crippen molar-refractivity contribution in [2.45, 2.75) is 97.3 Å². The number of Topliss-reactive ketones (excluding diaryl/α,β-unsaturated/α-hetero) is 1. The summed E-state index contributed by atoms with van der Waals surface area (Å²) in [5, 5.41) is 0. The average molecular weight is 347 g/mol. The second-order valence-electron chi connectivity index (χ2n) is 7.17. The number of hydrogen-bond acceptors (Lipinski definition) is 2. The van der Waals surface area contributed by atoms with E-state index in [0.29, 0.717) is 0 Å². The highest BCUT2D eigenvalue weighted by molar-refractivity contribution is 5.94. The number of carbonyl (C=O) groups excluding carboxylic acids is 1. The van der Waals surface area contributed by atoms with E-state index in [1.807, 2.05) is 24.3 Å². The fraction of sp³-hybridized carbons (Fsp3) is 0.696. The lowest BCUT2D eigenvalue weighted by Crippen LogP contribution is -1.98. The van der Waals surface area contributed by atoms with Gasteiger partial charge in [0.25, 0.3) is 0 Å². The fourth-order valence-corrected chi connectivity index (χ4v) is 3.10. The third-order valence-corrected chi connectivity index (χ3v) is 4.78. The maximum absolute atomic E-state index is 11.2. The molecule has 0 unspecified atom stereocenters. The van der Waals surface area contributed by atoms with Gasteiger partial charge in [0.1, 0.15) is 5.75 Å². The van der Waals surface area contributed by atoms with E-state index >= 15 is 0 Å². The normalized spacial score (nSPS) is 10.8. The van der Waals surface area contributed by atoms with Crippen LogP contribution in [0.2, 0.25) is 0 Å². The maximum Gasteiger partial charge on any atom is 0.159 e. The number of carbonyl (C=O) groups is 1. The Bertz CT molecular complexity index is 436. The summed E-state index contributed by atoms with van der Waals surface area (Å²) < 4.78 is 5.73. The highest BCUT2D eigenvalue weighted by Gasteiger charge is 1.99. The third kappa shape index (κ3) is 11.8. The zero-order valence-electron chi connectivity index (χ0n) is 16.5. The predicted molar refractivity (Wildman–Crippen MR) is 108 cm³/mol. The Balaban J connectivity index is 1.85. The lowest BCUT2D eigenvalue weighted by atomic mass is 10.0. The SMILES string of the molecule is CCCCCCCCCCCCCCCOc1ccc(C(C)=O)cc1. The third-order valence-electron chi connectivity index (χ3n) is 4.78. The van der Waals surface area contributed by atoms with E-state index in [-0.39, 0.29) is 5.78 Å². The standard InChI is InChI=1S/C23H38O2/c1-3-4-5-6-7-8-9-10-11-12-13-14-15-20-25-23-18-16-22(17-19-23)21(2)24/h16-19H,3-15,20H2,1-2H3. The first kappa shape index (κ1) is 21.7. The van der Waals surface area contributed by atoms with Crippen LogP contribution in [0.5, 0.6) is 5.75 Å². The van der Waals surface area contributed by atoms with E-state index in [2.05, 4.69) is 6.92 Å². The second kappa shape index (κ2) is 15.0. The van der Waals surface area contributed by atoms with Gasteiger partial charge >= 0.3 is 0 Å². The first-order valence-corrected chi connectivity index (χ1v) is 10.5. The second-order valence-corrected chi connectivity index (χ2v) is 7.17. The summed E-state index contributed by atoms with van der Waals surface area (Å²) in [4.78, 5) is 11.2. The molecule has 0 aromatic heterocycles. The molecular weight excluding hydrogens is 308 g/mol. The van der Waals surface area contributed by atoms with Crippen LogP contribution in [-0.2, 0) is 0 Å². The predicted octanol–water partition coefficient (Wildman–Crippen LogP) is 7.36. The van der Waals surface area contributed by atoms with Gasteiger partial charge in [-0.05, 0) is 37.6 Å². The zero-order valence-corrected chi connectivity index (χ0v) is 16.5. The van der Waals surface area contributed by atoms with Crippen molar-refractivity contribution >= 4 is 5.78 Å². The summed E-state index contributed by atoms with van der Waals surface area (Å²) in [5.74, 6) is 0.965. The molecule has 0 aliphatic rings. The quantitative estimate of drug-likeness (QED) is 0.231. The van der Waals surface area contributed by atoms with Crippen LogP contribution in [0.3, 0.4) is 0 Å².